The van der Waals surface area contributed by atoms with Crippen LogP contribution in [0.5, 0.6) is 0 Å². The van der Waals surface area contributed by atoms with Gasteiger partial charge in [0.05, 0.1) is 11.3 Å². The quantitative estimate of drug-likeness (QED) is 0.856. The fourth-order valence-electron chi connectivity index (χ4n) is 2.78. The maximum Gasteiger partial charge on any atom is 0.418 e. The van der Waals surface area contributed by atoms with Crippen molar-refractivity contribution in [3.63, 3.8) is 0 Å². The first-order valence-electron chi connectivity index (χ1n) is 7.24. The van der Waals surface area contributed by atoms with Gasteiger partial charge < -0.3 is 10.2 Å². The Labute approximate surface area is 131 Å². The highest BCUT2D eigenvalue weighted by Gasteiger charge is 2.35. The number of benzene rings is 1. The number of alkyl halides is 3. The van der Waals surface area contributed by atoms with Gasteiger partial charge in [-0.25, -0.2) is 0 Å². The molecule has 0 atom stereocenters. The maximum atomic E-state index is 13.2. The Bertz CT molecular complexity index is 470. The predicted octanol–water partition coefficient (Wildman–Crippen LogP) is 4.29. The molecule has 1 aromatic rings. The first-order chi connectivity index (χ1) is 9.91. The molecule has 2 rings (SSSR count). The number of nitrogens with one attached hydrogen (secondary N) is 1. The van der Waals surface area contributed by atoms with Crippen molar-refractivity contribution < 1.29 is 13.2 Å². The molecule has 0 saturated carbocycles. The van der Waals surface area contributed by atoms with Gasteiger partial charge in [0.1, 0.15) is 0 Å². The van der Waals surface area contributed by atoms with Crippen LogP contribution in [-0.4, -0.2) is 26.2 Å². The van der Waals surface area contributed by atoms with Crippen molar-refractivity contribution in [2.45, 2.75) is 25.9 Å². The zero-order valence-electron chi connectivity index (χ0n) is 12.0. The van der Waals surface area contributed by atoms with Crippen molar-refractivity contribution in [1.82, 2.24) is 5.32 Å². The van der Waals surface area contributed by atoms with E-state index in [0.29, 0.717) is 23.5 Å². The number of piperidine rings is 1. The van der Waals surface area contributed by atoms with E-state index >= 15 is 0 Å². The summed E-state index contributed by atoms with van der Waals surface area (Å²) in [4.78, 5) is 1.85. The lowest BCUT2D eigenvalue weighted by molar-refractivity contribution is -0.137. The number of hydrogen-bond donors (Lipinski definition) is 1. The van der Waals surface area contributed by atoms with Crippen molar-refractivity contribution in [3.05, 3.63) is 28.2 Å². The van der Waals surface area contributed by atoms with E-state index in [4.69, 9.17) is 0 Å². The molecule has 0 aromatic heterocycles. The Hall–Kier alpha value is -0.750. The van der Waals surface area contributed by atoms with E-state index in [2.05, 4.69) is 21.2 Å². The molecule has 0 bridgehead atoms. The highest BCUT2D eigenvalue weighted by molar-refractivity contribution is 9.10. The fourth-order valence-corrected chi connectivity index (χ4v) is 3.13. The summed E-state index contributed by atoms with van der Waals surface area (Å²) in [6, 6.07) is 4.18. The average molecular weight is 365 g/mol. The third kappa shape index (κ3) is 4.36. The van der Waals surface area contributed by atoms with E-state index in [9.17, 15) is 13.2 Å². The maximum absolute atomic E-state index is 13.2. The third-order valence-corrected chi connectivity index (χ3v) is 4.42. The highest BCUT2D eigenvalue weighted by atomic mass is 79.9. The Morgan fingerprint density at radius 3 is 2.52 bits per heavy atom. The molecule has 0 aliphatic carbocycles. The van der Waals surface area contributed by atoms with Crippen molar-refractivity contribution in [3.8, 4) is 0 Å². The number of halogens is 4. The molecule has 1 aliphatic rings. The van der Waals surface area contributed by atoms with Crippen LogP contribution in [0.4, 0.5) is 18.9 Å². The van der Waals surface area contributed by atoms with Crippen molar-refractivity contribution in [2.75, 3.05) is 31.1 Å². The first-order valence-corrected chi connectivity index (χ1v) is 8.03. The van der Waals surface area contributed by atoms with Crippen LogP contribution in [0.25, 0.3) is 0 Å². The normalized spacial score (nSPS) is 17.0. The van der Waals surface area contributed by atoms with Crippen molar-refractivity contribution in [1.29, 1.82) is 0 Å². The second-order valence-corrected chi connectivity index (χ2v) is 6.31. The van der Waals surface area contributed by atoms with Gasteiger partial charge in [-0.1, -0.05) is 15.9 Å². The summed E-state index contributed by atoms with van der Waals surface area (Å²) in [7, 11) is 0. The lowest BCUT2D eigenvalue weighted by Gasteiger charge is -2.32. The Morgan fingerprint density at radius 2 is 1.95 bits per heavy atom. The van der Waals surface area contributed by atoms with Crippen LogP contribution in [0.1, 0.15) is 25.3 Å². The number of hydrogen-bond acceptors (Lipinski definition) is 2. The second kappa shape index (κ2) is 7.01. The van der Waals surface area contributed by atoms with Crippen molar-refractivity contribution in [2.24, 2.45) is 5.92 Å². The molecule has 0 spiro atoms. The summed E-state index contributed by atoms with van der Waals surface area (Å²) in [5.74, 6) is 0.450. The lowest BCUT2D eigenvalue weighted by Crippen LogP contribution is -2.37. The van der Waals surface area contributed by atoms with Gasteiger partial charge in [0, 0.05) is 17.6 Å². The standard InChI is InChI=1S/C15H20BrF3N2/c1-2-21(10-11-5-7-20-8-6-11)14-9-12(16)3-4-13(14)15(17,18)19/h3-4,9,11,20H,2,5-8,10H2,1H3. The molecular formula is C15H20BrF3N2. The van der Waals surface area contributed by atoms with Crippen LogP contribution in [0.15, 0.2) is 22.7 Å². The molecule has 0 radical (unpaired) electrons. The number of anilines is 1. The minimum absolute atomic E-state index is 0.276. The summed E-state index contributed by atoms with van der Waals surface area (Å²) >= 11 is 3.28. The summed E-state index contributed by atoms with van der Waals surface area (Å²) < 4.78 is 40.3. The van der Waals surface area contributed by atoms with Gasteiger partial charge in [-0.05, 0) is 57.0 Å². The van der Waals surface area contributed by atoms with Crippen LogP contribution in [0.2, 0.25) is 0 Å². The van der Waals surface area contributed by atoms with Gasteiger partial charge in [-0.3, -0.25) is 0 Å². The molecule has 0 amide bonds. The number of rotatable bonds is 4. The molecule has 1 fully saturated rings. The van der Waals surface area contributed by atoms with Gasteiger partial charge in [0.25, 0.3) is 0 Å². The molecule has 2 nitrogen and oxygen atoms in total. The van der Waals surface area contributed by atoms with Gasteiger partial charge in [-0.2, -0.15) is 13.2 Å². The lowest BCUT2D eigenvalue weighted by atomic mass is 9.97. The summed E-state index contributed by atoms with van der Waals surface area (Å²) in [6.07, 6.45) is -2.28. The largest absolute Gasteiger partial charge is 0.418 e. The van der Waals surface area contributed by atoms with Gasteiger partial charge in [0.2, 0.25) is 0 Å². The molecule has 1 aliphatic heterocycles. The zero-order chi connectivity index (χ0) is 15.5. The summed E-state index contributed by atoms with van der Waals surface area (Å²) in [5.41, 5.74) is -0.278. The Kier molecular flexibility index (Phi) is 5.54. The van der Waals surface area contributed by atoms with E-state index in [1.165, 1.54) is 6.07 Å². The van der Waals surface area contributed by atoms with Crippen molar-refractivity contribution >= 4 is 21.6 Å². The molecule has 1 N–H and O–H groups in total. The van der Waals surface area contributed by atoms with E-state index in [0.717, 1.165) is 32.0 Å². The number of nitrogens with zero attached hydrogens (tertiary/aromatic N) is 1. The molecule has 0 unspecified atom stereocenters. The third-order valence-electron chi connectivity index (χ3n) is 3.92. The molecule has 6 heteroatoms. The minimum atomic E-state index is -4.32. The molecule has 1 aromatic carbocycles. The SMILES string of the molecule is CCN(CC1CCNCC1)c1cc(Br)ccc1C(F)(F)F. The topological polar surface area (TPSA) is 15.3 Å². The van der Waals surface area contributed by atoms with Crippen LogP contribution in [0, 0.1) is 5.92 Å². The predicted molar refractivity (Wildman–Crippen MR) is 82.6 cm³/mol. The summed E-state index contributed by atoms with van der Waals surface area (Å²) in [5, 5.41) is 3.28. The highest BCUT2D eigenvalue weighted by Crippen LogP contribution is 2.38. The Balaban J connectivity index is 2.25. The van der Waals surface area contributed by atoms with Gasteiger partial charge in [-0.15, -0.1) is 0 Å². The monoisotopic (exact) mass is 364 g/mol. The fraction of sp³-hybridized carbons (Fsp3) is 0.600. The zero-order valence-corrected chi connectivity index (χ0v) is 13.6. The van der Waals surface area contributed by atoms with Crippen LogP contribution in [-0.2, 0) is 6.18 Å². The molecule has 21 heavy (non-hydrogen) atoms. The summed E-state index contributed by atoms with van der Waals surface area (Å²) in [6.45, 7) is 5.06. The minimum Gasteiger partial charge on any atom is -0.371 e. The van der Waals surface area contributed by atoms with E-state index in [1.807, 2.05) is 11.8 Å². The smallest absolute Gasteiger partial charge is 0.371 e. The second-order valence-electron chi connectivity index (χ2n) is 5.39. The molecule has 118 valence electrons. The molecule has 1 saturated heterocycles. The van der Waals surface area contributed by atoms with Crippen LogP contribution in [0.3, 0.4) is 0 Å². The average Bonchev–Trinajstić information content (AvgIpc) is 2.44. The Morgan fingerprint density at radius 1 is 1.29 bits per heavy atom. The first kappa shape index (κ1) is 16.6. The van der Waals surface area contributed by atoms with Gasteiger partial charge in [0.15, 0.2) is 0 Å². The van der Waals surface area contributed by atoms with E-state index in [-0.39, 0.29) is 5.69 Å². The van der Waals surface area contributed by atoms with Gasteiger partial charge >= 0.3 is 6.18 Å². The molecular weight excluding hydrogens is 345 g/mol. The molecule has 1 heterocycles. The van der Waals surface area contributed by atoms with Crippen LogP contribution >= 0.6 is 15.9 Å². The van der Waals surface area contributed by atoms with Crippen LogP contribution < -0.4 is 10.2 Å². The van der Waals surface area contributed by atoms with E-state index in [1.54, 1.807) is 6.07 Å². The van der Waals surface area contributed by atoms with E-state index < -0.39 is 11.7 Å².